The van der Waals surface area contributed by atoms with Gasteiger partial charge in [0.05, 0.1) is 0 Å². The van der Waals surface area contributed by atoms with Crippen LogP contribution >= 0.6 is 0 Å². The molecule has 2 atom stereocenters. The molecule has 2 aromatic heterocycles. The molecule has 0 aliphatic carbocycles. The number of pyridine rings is 1. The van der Waals surface area contributed by atoms with Gasteiger partial charge >= 0.3 is 0 Å². The van der Waals surface area contributed by atoms with Gasteiger partial charge in [-0.25, -0.2) is 0 Å². The van der Waals surface area contributed by atoms with Crippen molar-refractivity contribution < 1.29 is 9.59 Å². The Labute approximate surface area is 301 Å². The Bertz CT molecular complexity index is 1140. The predicted molar refractivity (Wildman–Crippen MR) is 216 cm³/mol. The molecule has 0 radical (unpaired) electrons. The third-order valence-corrected chi connectivity index (χ3v) is 7.88. The van der Waals surface area contributed by atoms with E-state index in [1.807, 2.05) is 71.1 Å². The van der Waals surface area contributed by atoms with Crippen molar-refractivity contribution in [1.29, 1.82) is 0 Å². The van der Waals surface area contributed by atoms with Crippen LogP contribution in [0.4, 0.5) is 0 Å². The summed E-state index contributed by atoms with van der Waals surface area (Å²) in [6.45, 7) is 32.8. The second-order valence-electron chi connectivity index (χ2n) is 12.0. The van der Waals surface area contributed by atoms with E-state index < -0.39 is 5.41 Å². The molecular formula is C42H73N5O2. The Morgan fingerprint density at radius 2 is 1.73 bits per heavy atom. The third kappa shape index (κ3) is 22.5. The average molecular weight is 680 g/mol. The minimum Gasteiger partial charge on any atom is -0.361 e. The fourth-order valence-electron chi connectivity index (χ4n) is 4.77. The van der Waals surface area contributed by atoms with Crippen molar-refractivity contribution in [1.82, 2.24) is 25.5 Å². The largest absolute Gasteiger partial charge is 0.361 e. The van der Waals surface area contributed by atoms with Gasteiger partial charge in [0.1, 0.15) is 0 Å². The SMILES string of the molecule is C=C.C=C/C=C\C.CC.CC/C=C/c1[nH]cc(CCC(C)(C)C(=O)N(C)C(C)CC)c1[C@H](C)CNC=O.CCNCCCc1ccncc1. The Morgan fingerprint density at radius 1 is 1.10 bits per heavy atom. The number of hydrogen-bond donors (Lipinski definition) is 3. The summed E-state index contributed by atoms with van der Waals surface area (Å²) in [6, 6.07) is 4.40. The van der Waals surface area contributed by atoms with Crippen LogP contribution in [0.25, 0.3) is 6.08 Å². The lowest BCUT2D eigenvalue weighted by Gasteiger charge is -2.33. The average Bonchev–Trinajstić information content (AvgIpc) is 3.55. The normalized spacial score (nSPS) is 11.7. The van der Waals surface area contributed by atoms with Crippen LogP contribution in [-0.2, 0) is 22.4 Å². The van der Waals surface area contributed by atoms with Crippen molar-refractivity contribution in [3.63, 3.8) is 0 Å². The van der Waals surface area contributed by atoms with E-state index in [0.717, 1.165) is 57.3 Å². The first-order chi connectivity index (χ1) is 23.5. The van der Waals surface area contributed by atoms with Crippen molar-refractivity contribution in [3.8, 4) is 0 Å². The Kier molecular flexibility index (Phi) is 33.3. The second kappa shape index (κ2) is 32.8. The van der Waals surface area contributed by atoms with Crippen LogP contribution in [0.5, 0.6) is 0 Å². The van der Waals surface area contributed by atoms with E-state index in [0.29, 0.717) is 6.54 Å². The summed E-state index contributed by atoms with van der Waals surface area (Å²) in [6.07, 6.45) is 22.2. The fraction of sp³-hybridized carbons (Fsp3) is 0.548. The van der Waals surface area contributed by atoms with Crippen LogP contribution in [0.1, 0.15) is 123 Å². The molecule has 0 aliphatic heterocycles. The topological polar surface area (TPSA) is 90.1 Å². The molecule has 0 saturated carbocycles. The molecule has 3 N–H and O–H groups in total. The zero-order valence-corrected chi connectivity index (χ0v) is 33.2. The highest BCUT2D eigenvalue weighted by Gasteiger charge is 2.32. The first kappa shape index (κ1) is 49.7. The van der Waals surface area contributed by atoms with Crippen molar-refractivity contribution in [2.45, 2.75) is 120 Å². The standard InChI is InChI=1S/C23H39N3O2.C10H16N2.C5H8.C2H6.C2H4/c1-8-10-11-20-21(17(3)14-24-16-27)19(15-25-20)12-13-23(5,6)22(28)26(7)18(4)9-2;1-2-11-7-3-4-10-5-8-12-9-6-10;1-3-5-4-2;2*1-2/h10-11,15-18,25H,8-9,12-14H2,1-7H3,(H,24,27);5-6,8-9,11H,2-4,7H2,1H3;3-5H,1H2,2H3;1-2H3;1-2H2/b11-10+;;5-4-;;/t17-,18?;;;;/m1..../s1. The lowest BCUT2D eigenvalue weighted by Crippen LogP contribution is -2.43. The van der Waals surface area contributed by atoms with Gasteiger partial charge in [0.25, 0.3) is 0 Å². The number of aryl methyl sites for hydroxylation is 2. The number of hydrogen-bond acceptors (Lipinski definition) is 4. The van der Waals surface area contributed by atoms with E-state index in [1.54, 1.807) is 6.08 Å². The van der Waals surface area contributed by atoms with E-state index in [1.165, 1.54) is 23.1 Å². The van der Waals surface area contributed by atoms with Gasteiger partial charge in [-0.1, -0.05) is 86.3 Å². The number of aromatic amines is 1. The lowest BCUT2D eigenvalue weighted by atomic mass is 9.83. The molecule has 0 bridgehead atoms. The van der Waals surface area contributed by atoms with E-state index in [4.69, 9.17) is 0 Å². The first-order valence-corrected chi connectivity index (χ1v) is 18.2. The molecule has 2 aromatic rings. The monoisotopic (exact) mass is 680 g/mol. The van der Waals surface area contributed by atoms with Crippen LogP contribution in [0.15, 0.2) is 74.8 Å². The summed E-state index contributed by atoms with van der Waals surface area (Å²) in [4.78, 5) is 32.9. The maximum absolute atomic E-state index is 13.0. The van der Waals surface area contributed by atoms with Crippen molar-refractivity contribution in [2.24, 2.45) is 5.41 Å². The number of allylic oxidation sites excluding steroid dienone is 4. The lowest BCUT2D eigenvalue weighted by molar-refractivity contribution is -0.141. The minimum absolute atomic E-state index is 0.195. The summed E-state index contributed by atoms with van der Waals surface area (Å²) in [5, 5.41) is 6.09. The minimum atomic E-state index is -0.420. The molecular weight excluding hydrogens is 606 g/mol. The molecule has 2 amide bonds. The van der Waals surface area contributed by atoms with Crippen molar-refractivity contribution >= 4 is 18.4 Å². The number of carbonyl (C=O) groups excluding carboxylic acids is 2. The number of H-pyrrole nitrogens is 1. The molecule has 0 spiro atoms. The quantitative estimate of drug-likeness (QED) is 0.0633. The zero-order chi connectivity index (χ0) is 38.1. The van der Waals surface area contributed by atoms with Gasteiger partial charge in [0.2, 0.25) is 12.3 Å². The van der Waals surface area contributed by atoms with Gasteiger partial charge < -0.3 is 20.5 Å². The number of nitrogens with one attached hydrogen (secondary N) is 3. The molecule has 278 valence electrons. The smallest absolute Gasteiger partial charge is 0.228 e. The molecule has 2 heterocycles. The van der Waals surface area contributed by atoms with Crippen LogP contribution in [-0.4, -0.2) is 59.9 Å². The number of rotatable bonds is 18. The summed E-state index contributed by atoms with van der Waals surface area (Å²) in [7, 11) is 1.90. The van der Waals surface area contributed by atoms with Crippen LogP contribution < -0.4 is 10.6 Å². The second-order valence-corrected chi connectivity index (χ2v) is 12.0. The highest BCUT2D eigenvalue weighted by atomic mass is 16.2. The molecule has 2 rings (SSSR count). The van der Waals surface area contributed by atoms with Gasteiger partial charge in [-0.05, 0) is 100 Å². The van der Waals surface area contributed by atoms with E-state index in [2.05, 4.69) is 105 Å². The fourth-order valence-corrected chi connectivity index (χ4v) is 4.77. The van der Waals surface area contributed by atoms with Gasteiger partial charge in [-0.2, -0.15) is 0 Å². The summed E-state index contributed by atoms with van der Waals surface area (Å²) >= 11 is 0. The Hall–Kier alpha value is -3.71. The van der Waals surface area contributed by atoms with Crippen LogP contribution in [0, 0.1) is 5.41 Å². The number of nitrogens with zero attached hydrogens (tertiary/aromatic N) is 2. The summed E-state index contributed by atoms with van der Waals surface area (Å²) < 4.78 is 0. The highest BCUT2D eigenvalue weighted by Crippen LogP contribution is 2.31. The predicted octanol–water partition coefficient (Wildman–Crippen LogP) is 9.70. The molecule has 49 heavy (non-hydrogen) atoms. The van der Waals surface area contributed by atoms with Gasteiger partial charge in [0, 0.05) is 55.3 Å². The molecule has 0 aromatic carbocycles. The third-order valence-electron chi connectivity index (χ3n) is 7.88. The van der Waals surface area contributed by atoms with E-state index in [9.17, 15) is 9.59 Å². The molecule has 7 nitrogen and oxygen atoms in total. The maximum Gasteiger partial charge on any atom is 0.228 e. The van der Waals surface area contributed by atoms with E-state index in [-0.39, 0.29) is 17.9 Å². The number of amides is 2. The van der Waals surface area contributed by atoms with Crippen molar-refractivity contribution in [3.05, 3.63) is 97.1 Å². The van der Waals surface area contributed by atoms with Crippen LogP contribution in [0.2, 0.25) is 0 Å². The Morgan fingerprint density at radius 3 is 2.22 bits per heavy atom. The molecule has 1 unspecified atom stereocenters. The van der Waals surface area contributed by atoms with Crippen molar-refractivity contribution in [2.75, 3.05) is 26.7 Å². The molecule has 7 heteroatoms. The summed E-state index contributed by atoms with van der Waals surface area (Å²) in [5.74, 6) is 0.394. The first-order valence-electron chi connectivity index (χ1n) is 18.2. The highest BCUT2D eigenvalue weighted by molar-refractivity contribution is 5.82. The molecule has 0 saturated heterocycles. The van der Waals surface area contributed by atoms with Crippen LogP contribution in [0.3, 0.4) is 0 Å². The summed E-state index contributed by atoms with van der Waals surface area (Å²) in [5.41, 5.74) is 4.51. The van der Waals surface area contributed by atoms with Gasteiger partial charge in [-0.3, -0.25) is 14.6 Å². The zero-order valence-electron chi connectivity index (χ0n) is 33.2. The Balaban J connectivity index is -0.000000824. The van der Waals surface area contributed by atoms with E-state index >= 15 is 0 Å². The maximum atomic E-state index is 13.0. The molecule has 0 aliphatic rings. The van der Waals surface area contributed by atoms with Gasteiger partial charge in [-0.15, -0.1) is 13.2 Å². The number of carbonyl (C=O) groups is 2. The molecule has 0 fully saturated rings. The van der Waals surface area contributed by atoms with Gasteiger partial charge in [0.15, 0.2) is 0 Å². The number of aromatic nitrogens is 2.